The number of nitrogens with zero attached hydrogens (tertiary/aromatic N) is 2. The Balaban J connectivity index is 1.87. The minimum absolute atomic E-state index is 0.0218. The van der Waals surface area contributed by atoms with E-state index in [-0.39, 0.29) is 24.1 Å². The topological polar surface area (TPSA) is 43.2 Å². The molecule has 2 aliphatic heterocycles. The molecule has 3 aliphatic rings. The Morgan fingerprint density at radius 2 is 1.83 bits per heavy atom. The fourth-order valence-electron chi connectivity index (χ4n) is 2.29. The van der Waals surface area contributed by atoms with Crippen molar-refractivity contribution in [2.45, 2.75) is 44.7 Å². The standard InChI is InChI=1S/C13H17BN2O2/c1-12(2)13(3,4)18-14(17-12)10-7-5-6-9-8-15-16-11(9)10/h5-8,10H,1-4H3/t10-/m1/s1. The summed E-state index contributed by atoms with van der Waals surface area (Å²) in [6.45, 7) is 8.24. The SMILES string of the molecule is CC1(C)OB([C@@H]2C=CC=C3C=NN=C32)OC1(C)C. The number of fused-ring (bicyclic) bond motifs is 1. The van der Waals surface area contributed by atoms with Gasteiger partial charge in [-0.05, 0) is 27.7 Å². The Hall–Kier alpha value is -1.20. The summed E-state index contributed by atoms with van der Waals surface area (Å²) in [5, 5.41) is 8.15. The molecule has 4 nitrogen and oxygen atoms in total. The molecule has 0 aromatic rings. The minimum Gasteiger partial charge on any atom is -0.403 e. The van der Waals surface area contributed by atoms with Crippen LogP contribution in [0.1, 0.15) is 27.7 Å². The van der Waals surface area contributed by atoms with Crippen molar-refractivity contribution in [3.63, 3.8) is 0 Å². The largest absolute Gasteiger partial charge is 0.471 e. The van der Waals surface area contributed by atoms with Crippen molar-refractivity contribution < 1.29 is 9.31 Å². The van der Waals surface area contributed by atoms with Crippen LogP contribution < -0.4 is 0 Å². The van der Waals surface area contributed by atoms with Gasteiger partial charge in [0, 0.05) is 5.57 Å². The first kappa shape index (κ1) is 11.9. The Kier molecular flexibility index (Phi) is 2.41. The van der Waals surface area contributed by atoms with Gasteiger partial charge in [-0.3, -0.25) is 0 Å². The predicted octanol–water partition coefficient (Wildman–Crippen LogP) is 2.39. The van der Waals surface area contributed by atoms with E-state index < -0.39 is 0 Å². The van der Waals surface area contributed by atoms with Crippen LogP contribution in [0.3, 0.4) is 0 Å². The highest BCUT2D eigenvalue weighted by Gasteiger charge is 2.54. The monoisotopic (exact) mass is 244 g/mol. The lowest BCUT2D eigenvalue weighted by Crippen LogP contribution is -2.41. The van der Waals surface area contributed by atoms with Gasteiger partial charge in [-0.2, -0.15) is 10.2 Å². The first-order valence-corrected chi connectivity index (χ1v) is 6.26. The molecule has 1 fully saturated rings. The lowest BCUT2D eigenvalue weighted by molar-refractivity contribution is 0.00578. The fraction of sp³-hybridized carbons (Fsp3) is 0.538. The van der Waals surface area contributed by atoms with Crippen LogP contribution in [0, 0.1) is 0 Å². The van der Waals surface area contributed by atoms with Gasteiger partial charge in [0.05, 0.1) is 28.9 Å². The molecule has 1 saturated heterocycles. The van der Waals surface area contributed by atoms with Crippen molar-refractivity contribution in [3.05, 3.63) is 23.8 Å². The van der Waals surface area contributed by atoms with Gasteiger partial charge in [0.15, 0.2) is 0 Å². The van der Waals surface area contributed by atoms with Crippen LogP contribution in [-0.4, -0.2) is 30.2 Å². The van der Waals surface area contributed by atoms with E-state index in [0.717, 1.165) is 11.3 Å². The third-order valence-electron chi connectivity index (χ3n) is 4.13. The van der Waals surface area contributed by atoms with Crippen LogP contribution in [0.4, 0.5) is 0 Å². The molecule has 2 heterocycles. The smallest absolute Gasteiger partial charge is 0.403 e. The van der Waals surface area contributed by atoms with Gasteiger partial charge in [-0.25, -0.2) is 0 Å². The van der Waals surface area contributed by atoms with E-state index in [1.165, 1.54) is 0 Å². The average Bonchev–Trinajstić information content (AvgIpc) is 2.81. The molecule has 18 heavy (non-hydrogen) atoms. The average molecular weight is 244 g/mol. The Labute approximate surface area is 108 Å². The van der Waals surface area contributed by atoms with E-state index in [2.05, 4.69) is 44.0 Å². The number of hydrogen-bond donors (Lipinski definition) is 0. The second-order valence-corrected chi connectivity index (χ2v) is 5.89. The van der Waals surface area contributed by atoms with Crippen molar-refractivity contribution in [1.29, 1.82) is 0 Å². The normalized spacial score (nSPS) is 31.3. The maximum atomic E-state index is 6.07. The van der Waals surface area contributed by atoms with E-state index >= 15 is 0 Å². The summed E-state index contributed by atoms with van der Waals surface area (Å²) >= 11 is 0. The summed E-state index contributed by atoms with van der Waals surface area (Å²) in [4.78, 5) is 0. The molecule has 0 aromatic carbocycles. The molecule has 0 aromatic heterocycles. The molecular formula is C13H17BN2O2. The second-order valence-electron chi connectivity index (χ2n) is 5.89. The first-order valence-electron chi connectivity index (χ1n) is 6.26. The quantitative estimate of drug-likeness (QED) is 0.664. The van der Waals surface area contributed by atoms with Gasteiger partial charge in [0.25, 0.3) is 0 Å². The molecule has 1 aliphatic carbocycles. The minimum atomic E-state index is -0.313. The number of rotatable bonds is 1. The number of allylic oxidation sites excluding steroid dienone is 4. The van der Waals surface area contributed by atoms with Gasteiger partial charge in [0.2, 0.25) is 0 Å². The summed E-state index contributed by atoms with van der Waals surface area (Å²) in [7, 11) is -0.296. The number of hydrogen-bond acceptors (Lipinski definition) is 4. The Morgan fingerprint density at radius 3 is 2.50 bits per heavy atom. The maximum absolute atomic E-state index is 6.07. The summed E-state index contributed by atoms with van der Waals surface area (Å²) in [6.07, 6.45) is 7.87. The van der Waals surface area contributed by atoms with Gasteiger partial charge in [-0.1, -0.05) is 18.2 Å². The fourth-order valence-corrected chi connectivity index (χ4v) is 2.29. The third kappa shape index (κ3) is 1.61. The van der Waals surface area contributed by atoms with Crippen LogP contribution in [0.15, 0.2) is 34.0 Å². The zero-order chi connectivity index (χ0) is 13.0. The lowest BCUT2D eigenvalue weighted by atomic mass is 9.66. The molecule has 1 atom stereocenters. The van der Waals surface area contributed by atoms with Crippen LogP contribution in [0.25, 0.3) is 0 Å². The van der Waals surface area contributed by atoms with E-state index in [1.54, 1.807) is 6.21 Å². The van der Waals surface area contributed by atoms with Crippen LogP contribution in [0.5, 0.6) is 0 Å². The summed E-state index contributed by atoms with van der Waals surface area (Å²) < 4.78 is 12.1. The molecule has 0 bridgehead atoms. The van der Waals surface area contributed by atoms with Gasteiger partial charge in [-0.15, -0.1) is 0 Å². The van der Waals surface area contributed by atoms with E-state index in [4.69, 9.17) is 9.31 Å². The molecule has 0 saturated carbocycles. The molecule has 0 spiro atoms. The second kappa shape index (κ2) is 3.65. The summed E-state index contributed by atoms with van der Waals surface area (Å²) in [6, 6.07) is 0. The highest BCUT2D eigenvalue weighted by molar-refractivity contribution is 6.57. The van der Waals surface area contributed by atoms with Crippen LogP contribution in [0.2, 0.25) is 5.82 Å². The van der Waals surface area contributed by atoms with Crippen molar-refractivity contribution in [3.8, 4) is 0 Å². The molecular weight excluding hydrogens is 227 g/mol. The molecule has 5 heteroatoms. The summed E-state index contributed by atoms with van der Waals surface area (Å²) in [5.74, 6) is 0.0218. The van der Waals surface area contributed by atoms with E-state index in [1.807, 2.05) is 12.2 Å². The van der Waals surface area contributed by atoms with Crippen molar-refractivity contribution in [1.82, 2.24) is 0 Å². The molecule has 0 radical (unpaired) electrons. The zero-order valence-corrected chi connectivity index (χ0v) is 11.2. The predicted molar refractivity (Wildman–Crippen MR) is 73.0 cm³/mol. The van der Waals surface area contributed by atoms with Crippen LogP contribution in [-0.2, 0) is 9.31 Å². The van der Waals surface area contributed by atoms with Crippen molar-refractivity contribution >= 4 is 19.0 Å². The van der Waals surface area contributed by atoms with Crippen LogP contribution >= 0.6 is 0 Å². The van der Waals surface area contributed by atoms with Crippen molar-refractivity contribution in [2.24, 2.45) is 10.2 Å². The zero-order valence-electron chi connectivity index (χ0n) is 11.2. The molecule has 0 unspecified atom stereocenters. The van der Waals surface area contributed by atoms with E-state index in [0.29, 0.717) is 0 Å². The Morgan fingerprint density at radius 1 is 1.17 bits per heavy atom. The van der Waals surface area contributed by atoms with E-state index in [9.17, 15) is 0 Å². The first-order chi connectivity index (χ1) is 8.41. The third-order valence-corrected chi connectivity index (χ3v) is 4.13. The maximum Gasteiger partial charge on any atom is 0.471 e. The van der Waals surface area contributed by atoms with Gasteiger partial charge in [0.1, 0.15) is 0 Å². The highest BCUT2D eigenvalue weighted by atomic mass is 16.7. The van der Waals surface area contributed by atoms with Gasteiger partial charge >= 0.3 is 7.12 Å². The van der Waals surface area contributed by atoms with Crippen molar-refractivity contribution in [2.75, 3.05) is 0 Å². The lowest BCUT2D eigenvalue weighted by Gasteiger charge is -2.32. The molecule has 94 valence electrons. The molecule has 0 N–H and O–H groups in total. The molecule has 0 amide bonds. The summed E-state index contributed by atoms with van der Waals surface area (Å²) in [5.41, 5.74) is 1.37. The highest BCUT2D eigenvalue weighted by Crippen LogP contribution is 2.42. The van der Waals surface area contributed by atoms with Gasteiger partial charge < -0.3 is 9.31 Å². The molecule has 3 rings (SSSR count). The Bertz CT molecular complexity index is 487.